The van der Waals surface area contributed by atoms with Crippen molar-refractivity contribution in [3.05, 3.63) is 24.2 Å². The maximum Gasteiger partial charge on any atom is 0.255 e. The Labute approximate surface area is 165 Å². The standard InChI is InChI=1S/C21H30N2O5/c1-20(22-18(25)16-5-11-27-14-16)8-12-28-21(19(20)26)6-9-23(10-7-21)17(24)13-15-3-2-4-15/h5,11,14-15,19,26H,2-4,6-10,12-13H2,1H3,(H,22,25)/t19-,20+/m1/s1. The number of carbonyl (C=O) groups is 2. The molecule has 1 saturated carbocycles. The molecule has 2 N–H and O–H groups in total. The Morgan fingerprint density at radius 2 is 2.04 bits per heavy atom. The number of hydrogen-bond acceptors (Lipinski definition) is 5. The molecule has 154 valence electrons. The number of hydrogen-bond donors (Lipinski definition) is 2. The van der Waals surface area contributed by atoms with Crippen molar-refractivity contribution in [3.63, 3.8) is 0 Å². The van der Waals surface area contributed by atoms with Crippen molar-refractivity contribution in [1.29, 1.82) is 0 Å². The summed E-state index contributed by atoms with van der Waals surface area (Å²) in [6.07, 6.45) is 7.93. The second kappa shape index (κ2) is 7.52. The Morgan fingerprint density at radius 3 is 2.64 bits per heavy atom. The van der Waals surface area contributed by atoms with Crippen molar-refractivity contribution >= 4 is 11.8 Å². The zero-order chi connectivity index (χ0) is 19.8. The molecule has 2 atom stereocenters. The number of amides is 2. The first-order valence-electron chi connectivity index (χ1n) is 10.4. The number of ether oxygens (including phenoxy) is 1. The number of rotatable bonds is 4. The van der Waals surface area contributed by atoms with Crippen LogP contribution in [0.1, 0.15) is 62.2 Å². The number of aliphatic hydroxyl groups excluding tert-OH is 1. The van der Waals surface area contributed by atoms with E-state index in [0.717, 1.165) is 0 Å². The molecule has 1 aromatic rings. The van der Waals surface area contributed by atoms with E-state index in [2.05, 4.69) is 5.32 Å². The normalized spacial score (nSPS) is 30.1. The Kier molecular flexibility index (Phi) is 5.22. The zero-order valence-electron chi connectivity index (χ0n) is 16.5. The third-order valence-corrected chi connectivity index (χ3v) is 6.95. The van der Waals surface area contributed by atoms with Crippen LogP contribution in [0.15, 0.2) is 23.0 Å². The first-order valence-corrected chi connectivity index (χ1v) is 10.4. The van der Waals surface area contributed by atoms with E-state index in [0.29, 0.717) is 56.9 Å². The fourth-order valence-electron chi connectivity index (χ4n) is 4.74. The average molecular weight is 390 g/mol. The molecule has 3 aliphatic rings. The molecule has 1 aromatic heterocycles. The van der Waals surface area contributed by atoms with Crippen LogP contribution < -0.4 is 5.32 Å². The lowest BCUT2D eigenvalue weighted by atomic mass is 9.73. The highest BCUT2D eigenvalue weighted by Crippen LogP contribution is 2.40. The fraction of sp³-hybridized carbons (Fsp3) is 0.714. The van der Waals surface area contributed by atoms with E-state index in [4.69, 9.17) is 9.15 Å². The van der Waals surface area contributed by atoms with Crippen LogP contribution in [0.25, 0.3) is 0 Å². The quantitative estimate of drug-likeness (QED) is 0.821. The number of piperidine rings is 1. The summed E-state index contributed by atoms with van der Waals surface area (Å²) in [4.78, 5) is 26.9. The van der Waals surface area contributed by atoms with Gasteiger partial charge >= 0.3 is 0 Å². The largest absolute Gasteiger partial charge is 0.472 e. The predicted octanol–water partition coefficient (Wildman–Crippen LogP) is 2.10. The van der Waals surface area contributed by atoms with Gasteiger partial charge in [-0.3, -0.25) is 9.59 Å². The van der Waals surface area contributed by atoms with Gasteiger partial charge in [0.1, 0.15) is 12.4 Å². The second-order valence-electron chi connectivity index (χ2n) is 8.83. The number of furan rings is 1. The molecular weight excluding hydrogens is 360 g/mol. The Morgan fingerprint density at radius 1 is 1.29 bits per heavy atom. The maximum absolute atomic E-state index is 12.5. The number of likely N-dealkylation sites (tertiary alicyclic amines) is 1. The third-order valence-electron chi connectivity index (χ3n) is 6.95. The van der Waals surface area contributed by atoms with E-state index < -0.39 is 17.2 Å². The summed E-state index contributed by atoms with van der Waals surface area (Å²) in [5.74, 6) is 0.516. The smallest absolute Gasteiger partial charge is 0.255 e. The van der Waals surface area contributed by atoms with Gasteiger partial charge in [-0.15, -0.1) is 0 Å². The number of carbonyl (C=O) groups excluding carboxylic acids is 2. The summed E-state index contributed by atoms with van der Waals surface area (Å²) >= 11 is 0. The van der Waals surface area contributed by atoms with E-state index in [1.807, 2.05) is 11.8 Å². The average Bonchev–Trinajstić information content (AvgIpc) is 3.18. The number of aliphatic hydroxyl groups is 1. The van der Waals surface area contributed by atoms with Gasteiger partial charge in [-0.2, -0.15) is 0 Å². The molecule has 7 nitrogen and oxygen atoms in total. The van der Waals surface area contributed by atoms with E-state index >= 15 is 0 Å². The van der Waals surface area contributed by atoms with Gasteiger partial charge in [0.25, 0.3) is 5.91 Å². The summed E-state index contributed by atoms with van der Waals surface area (Å²) in [7, 11) is 0. The Hall–Kier alpha value is -1.86. The highest BCUT2D eigenvalue weighted by Gasteiger charge is 2.54. The molecule has 2 saturated heterocycles. The van der Waals surface area contributed by atoms with Gasteiger partial charge in [0.2, 0.25) is 5.91 Å². The third kappa shape index (κ3) is 3.57. The summed E-state index contributed by atoms with van der Waals surface area (Å²) in [5, 5.41) is 14.2. The lowest BCUT2D eigenvalue weighted by molar-refractivity contribution is -0.206. The molecular formula is C21H30N2O5. The summed E-state index contributed by atoms with van der Waals surface area (Å²) in [6.45, 7) is 3.52. The molecule has 1 aliphatic carbocycles. The topological polar surface area (TPSA) is 92.0 Å². The maximum atomic E-state index is 12.5. The molecule has 2 aliphatic heterocycles. The monoisotopic (exact) mass is 390 g/mol. The van der Waals surface area contributed by atoms with Gasteiger partial charge in [0.05, 0.1) is 23.0 Å². The van der Waals surface area contributed by atoms with Crippen LogP contribution in [0.2, 0.25) is 0 Å². The zero-order valence-corrected chi connectivity index (χ0v) is 16.5. The summed E-state index contributed by atoms with van der Waals surface area (Å²) < 4.78 is 11.1. The highest BCUT2D eigenvalue weighted by atomic mass is 16.5. The van der Waals surface area contributed by atoms with Gasteiger partial charge < -0.3 is 24.5 Å². The lowest BCUT2D eigenvalue weighted by Gasteiger charge is -2.53. The van der Waals surface area contributed by atoms with Gasteiger partial charge in [-0.25, -0.2) is 0 Å². The van der Waals surface area contributed by atoms with Crippen LogP contribution in [-0.4, -0.2) is 58.8 Å². The number of nitrogens with one attached hydrogen (secondary N) is 1. The Bertz CT molecular complexity index is 706. The van der Waals surface area contributed by atoms with Crippen molar-refractivity contribution in [1.82, 2.24) is 10.2 Å². The Balaban J connectivity index is 1.39. The minimum absolute atomic E-state index is 0.223. The summed E-state index contributed by atoms with van der Waals surface area (Å²) in [5.41, 5.74) is -1.07. The number of nitrogens with zero attached hydrogens (tertiary/aromatic N) is 1. The summed E-state index contributed by atoms with van der Waals surface area (Å²) in [6, 6.07) is 1.60. The first-order chi connectivity index (χ1) is 13.4. The van der Waals surface area contributed by atoms with Crippen molar-refractivity contribution in [2.75, 3.05) is 19.7 Å². The van der Waals surface area contributed by atoms with Crippen molar-refractivity contribution in [2.45, 2.75) is 69.1 Å². The van der Waals surface area contributed by atoms with Crippen LogP contribution in [0, 0.1) is 5.92 Å². The molecule has 0 aromatic carbocycles. The lowest BCUT2D eigenvalue weighted by Crippen LogP contribution is -2.69. The van der Waals surface area contributed by atoms with Crippen LogP contribution in [0.3, 0.4) is 0 Å². The van der Waals surface area contributed by atoms with Crippen LogP contribution >= 0.6 is 0 Å². The van der Waals surface area contributed by atoms with E-state index in [9.17, 15) is 14.7 Å². The molecule has 0 unspecified atom stereocenters. The minimum Gasteiger partial charge on any atom is -0.472 e. The van der Waals surface area contributed by atoms with Crippen LogP contribution in [-0.2, 0) is 9.53 Å². The van der Waals surface area contributed by atoms with Gasteiger partial charge in [-0.05, 0) is 51.0 Å². The molecule has 3 fully saturated rings. The molecule has 0 radical (unpaired) electrons. The fourth-order valence-corrected chi connectivity index (χ4v) is 4.74. The van der Waals surface area contributed by atoms with E-state index in [-0.39, 0.29) is 11.8 Å². The molecule has 7 heteroatoms. The van der Waals surface area contributed by atoms with E-state index in [1.165, 1.54) is 31.8 Å². The molecule has 4 rings (SSSR count). The van der Waals surface area contributed by atoms with Gasteiger partial charge in [-0.1, -0.05) is 6.42 Å². The second-order valence-corrected chi connectivity index (χ2v) is 8.83. The molecule has 2 amide bonds. The molecule has 3 heterocycles. The van der Waals surface area contributed by atoms with Crippen molar-refractivity contribution in [3.8, 4) is 0 Å². The van der Waals surface area contributed by atoms with Crippen LogP contribution in [0.5, 0.6) is 0 Å². The van der Waals surface area contributed by atoms with Crippen molar-refractivity contribution in [2.24, 2.45) is 5.92 Å². The highest BCUT2D eigenvalue weighted by molar-refractivity contribution is 5.94. The van der Waals surface area contributed by atoms with Gasteiger partial charge in [0, 0.05) is 26.1 Å². The minimum atomic E-state index is -0.839. The molecule has 1 spiro atoms. The molecule has 28 heavy (non-hydrogen) atoms. The van der Waals surface area contributed by atoms with Crippen molar-refractivity contribution < 1.29 is 23.8 Å². The van der Waals surface area contributed by atoms with Crippen LogP contribution in [0.4, 0.5) is 0 Å². The van der Waals surface area contributed by atoms with Gasteiger partial charge in [0.15, 0.2) is 0 Å². The SMILES string of the molecule is C[C@]1(NC(=O)c2ccoc2)CCOC2(CCN(C(=O)CC3CCC3)CC2)[C@@H]1O. The predicted molar refractivity (Wildman–Crippen MR) is 102 cm³/mol. The first kappa shape index (κ1) is 19.5. The molecule has 0 bridgehead atoms. The van der Waals surface area contributed by atoms with E-state index in [1.54, 1.807) is 6.07 Å².